The molecule has 72 valence electrons. The molecule has 0 N–H and O–H groups in total. The maximum Gasteiger partial charge on any atom is 0.229 e. The molecule has 0 atom stereocenters. The zero-order valence-electron chi connectivity index (χ0n) is 7.41. The molecule has 2 rings (SSSR count). The van der Waals surface area contributed by atoms with Gasteiger partial charge in [0, 0.05) is 4.47 Å². The predicted octanol–water partition coefficient (Wildman–Crippen LogP) is 2.99. The first-order chi connectivity index (χ1) is 6.68. The lowest BCUT2D eigenvalue weighted by atomic mass is 10.2. The number of nitrogens with zero attached hydrogens (tertiary/aromatic N) is 3. The molecule has 14 heavy (non-hydrogen) atoms. The van der Waals surface area contributed by atoms with E-state index >= 15 is 0 Å². The summed E-state index contributed by atoms with van der Waals surface area (Å²) in [6, 6.07) is 6.00. The molecule has 0 saturated heterocycles. The molecule has 0 saturated carbocycles. The Balaban J connectivity index is 2.58. The standard InChI is InChI=1S/C9H7BrClN3/c1-6-2-3-8(7(10)4-6)14-5-12-13-9(14)11/h2-5H,1H3. The summed E-state index contributed by atoms with van der Waals surface area (Å²) < 4.78 is 2.68. The summed E-state index contributed by atoms with van der Waals surface area (Å²) in [4.78, 5) is 0. The van der Waals surface area contributed by atoms with Crippen molar-refractivity contribution in [3.63, 3.8) is 0 Å². The Morgan fingerprint density at radius 2 is 2.21 bits per heavy atom. The van der Waals surface area contributed by atoms with E-state index in [1.54, 1.807) is 10.9 Å². The topological polar surface area (TPSA) is 30.7 Å². The van der Waals surface area contributed by atoms with Crippen molar-refractivity contribution in [2.45, 2.75) is 6.92 Å². The van der Waals surface area contributed by atoms with Crippen LogP contribution in [0.4, 0.5) is 0 Å². The fraction of sp³-hybridized carbons (Fsp3) is 0.111. The summed E-state index contributed by atoms with van der Waals surface area (Å²) in [7, 11) is 0. The summed E-state index contributed by atoms with van der Waals surface area (Å²) in [5, 5.41) is 7.79. The molecule has 1 aromatic carbocycles. The number of benzene rings is 1. The van der Waals surface area contributed by atoms with Crippen LogP contribution in [0.5, 0.6) is 0 Å². The summed E-state index contributed by atoms with van der Waals surface area (Å²) in [5.41, 5.74) is 2.12. The molecule has 1 aromatic heterocycles. The second-order valence-electron chi connectivity index (χ2n) is 2.92. The van der Waals surface area contributed by atoms with Gasteiger partial charge < -0.3 is 0 Å². The molecule has 0 aliphatic carbocycles. The highest BCUT2D eigenvalue weighted by Crippen LogP contribution is 2.24. The lowest BCUT2D eigenvalue weighted by Gasteiger charge is -2.05. The summed E-state index contributed by atoms with van der Waals surface area (Å²) >= 11 is 9.32. The molecule has 1 heterocycles. The van der Waals surface area contributed by atoms with Gasteiger partial charge >= 0.3 is 0 Å². The third kappa shape index (κ3) is 1.67. The number of aryl methyl sites for hydroxylation is 1. The predicted molar refractivity (Wildman–Crippen MR) is 58.8 cm³/mol. The first-order valence-corrected chi connectivity index (χ1v) is 5.17. The highest BCUT2D eigenvalue weighted by atomic mass is 79.9. The van der Waals surface area contributed by atoms with Gasteiger partial charge in [-0.15, -0.1) is 10.2 Å². The number of halogens is 2. The minimum atomic E-state index is 0.356. The largest absolute Gasteiger partial charge is 0.271 e. The molecular weight excluding hydrogens is 265 g/mol. The van der Waals surface area contributed by atoms with Gasteiger partial charge in [0.15, 0.2) is 0 Å². The van der Waals surface area contributed by atoms with E-state index in [2.05, 4.69) is 26.1 Å². The zero-order valence-corrected chi connectivity index (χ0v) is 9.75. The van der Waals surface area contributed by atoms with E-state index in [0.717, 1.165) is 10.2 Å². The van der Waals surface area contributed by atoms with Crippen LogP contribution in [0, 0.1) is 6.92 Å². The Hall–Kier alpha value is -0.870. The van der Waals surface area contributed by atoms with Crippen molar-refractivity contribution in [1.29, 1.82) is 0 Å². The Morgan fingerprint density at radius 1 is 1.43 bits per heavy atom. The van der Waals surface area contributed by atoms with Gasteiger partial charge in [0.05, 0.1) is 5.69 Å². The van der Waals surface area contributed by atoms with Gasteiger partial charge in [-0.3, -0.25) is 4.57 Å². The fourth-order valence-corrected chi connectivity index (χ4v) is 2.05. The molecule has 0 amide bonds. The summed E-state index contributed by atoms with van der Waals surface area (Å²) in [6.45, 7) is 2.03. The van der Waals surface area contributed by atoms with Gasteiger partial charge in [-0.2, -0.15) is 0 Å². The molecular formula is C9H7BrClN3. The summed E-state index contributed by atoms with van der Waals surface area (Å²) in [5.74, 6) is 0. The number of hydrogen-bond donors (Lipinski definition) is 0. The lowest BCUT2D eigenvalue weighted by molar-refractivity contribution is 1.05. The zero-order chi connectivity index (χ0) is 10.1. The van der Waals surface area contributed by atoms with Crippen LogP contribution in [-0.2, 0) is 0 Å². The number of rotatable bonds is 1. The Kier molecular flexibility index (Phi) is 2.56. The monoisotopic (exact) mass is 271 g/mol. The third-order valence-electron chi connectivity index (χ3n) is 1.87. The highest BCUT2D eigenvalue weighted by Gasteiger charge is 2.06. The van der Waals surface area contributed by atoms with E-state index in [1.807, 2.05) is 25.1 Å². The van der Waals surface area contributed by atoms with Crippen LogP contribution < -0.4 is 0 Å². The van der Waals surface area contributed by atoms with E-state index in [-0.39, 0.29) is 0 Å². The second-order valence-corrected chi connectivity index (χ2v) is 4.12. The van der Waals surface area contributed by atoms with Crippen LogP contribution in [-0.4, -0.2) is 14.8 Å². The average molecular weight is 273 g/mol. The Morgan fingerprint density at radius 3 is 2.79 bits per heavy atom. The molecule has 0 spiro atoms. The SMILES string of the molecule is Cc1ccc(-n2cnnc2Cl)c(Br)c1. The molecule has 0 unspecified atom stereocenters. The van der Waals surface area contributed by atoms with Crippen LogP contribution in [0.25, 0.3) is 5.69 Å². The van der Waals surface area contributed by atoms with E-state index in [1.165, 1.54) is 5.56 Å². The molecule has 0 aliphatic rings. The minimum absolute atomic E-state index is 0.356. The minimum Gasteiger partial charge on any atom is -0.271 e. The molecule has 0 aliphatic heterocycles. The van der Waals surface area contributed by atoms with E-state index < -0.39 is 0 Å². The second kappa shape index (κ2) is 3.71. The quantitative estimate of drug-likeness (QED) is 0.799. The average Bonchev–Trinajstić information content (AvgIpc) is 2.52. The maximum absolute atomic E-state index is 5.85. The van der Waals surface area contributed by atoms with Gasteiger partial charge in [-0.25, -0.2) is 0 Å². The highest BCUT2D eigenvalue weighted by molar-refractivity contribution is 9.10. The van der Waals surface area contributed by atoms with Crippen LogP contribution >= 0.6 is 27.5 Å². The molecule has 2 aromatic rings. The van der Waals surface area contributed by atoms with E-state index in [0.29, 0.717) is 5.28 Å². The van der Waals surface area contributed by atoms with Crippen LogP contribution in [0.3, 0.4) is 0 Å². The van der Waals surface area contributed by atoms with Crippen molar-refractivity contribution in [3.05, 3.63) is 39.8 Å². The van der Waals surface area contributed by atoms with Crippen LogP contribution in [0.1, 0.15) is 5.56 Å². The smallest absolute Gasteiger partial charge is 0.229 e. The van der Waals surface area contributed by atoms with Crippen LogP contribution in [0.2, 0.25) is 5.28 Å². The molecule has 3 nitrogen and oxygen atoms in total. The van der Waals surface area contributed by atoms with Gasteiger partial charge in [-0.1, -0.05) is 6.07 Å². The molecule has 0 bridgehead atoms. The van der Waals surface area contributed by atoms with Gasteiger partial charge in [0.1, 0.15) is 6.33 Å². The van der Waals surface area contributed by atoms with Gasteiger partial charge in [0.2, 0.25) is 5.28 Å². The Labute approximate surface area is 94.9 Å². The first-order valence-electron chi connectivity index (χ1n) is 4.00. The first kappa shape index (κ1) is 9.68. The van der Waals surface area contributed by atoms with Crippen molar-refractivity contribution in [1.82, 2.24) is 14.8 Å². The molecule has 0 radical (unpaired) electrons. The van der Waals surface area contributed by atoms with Gasteiger partial charge in [0.25, 0.3) is 0 Å². The Bertz CT molecular complexity index is 467. The summed E-state index contributed by atoms with van der Waals surface area (Å²) in [6.07, 6.45) is 1.58. The van der Waals surface area contributed by atoms with E-state index in [9.17, 15) is 0 Å². The van der Waals surface area contributed by atoms with Crippen LogP contribution in [0.15, 0.2) is 29.0 Å². The fourth-order valence-electron chi connectivity index (χ4n) is 1.19. The van der Waals surface area contributed by atoms with Crippen molar-refractivity contribution in [3.8, 4) is 5.69 Å². The van der Waals surface area contributed by atoms with Crippen molar-refractivity contribution >= 4 is 27.5 Å². The van der Waals surface area contributed by atoms with Crippen molar-refractivity contribution in [2.24, 2.45) is 0 Å². The molecule has 0 fully saturated rings. The van der Waals surface area contributed by atoms with Crippen molar-refractivity contribution in [2.75, 3.05) is 0 Å². The lowest BCUT2D eigenvalue weighted by Crippen LogP contribution is -1.93. The maximum atomic E-state index is 5.85. The normalized spacial score (nSPS) is 10.5. The van der Waals surface area contributed by atoms with Gasteiger partial charge in [-0.05, 0) is 52.2 Å². The third-order valence-corrected chi connectivity index (χ3v) is 2.76. The number of hydrogen-bond acceptors (Lipinski definition) is 2. The number of aromatic nitrogens is 3. The molecule has 5 heteroatoms. The van der Waals surface area contributed by atoms with Crippen molar-refractivity contribution < 1.29 is 0 Å². The van der Waals surface area contributed by atoms with E-state index in [4.69, 9.17) is 11.6 Å².